The molecule has 0 aliphatic rings. The monoisotopic (exact) mass is 303 g/mol. The van der Waals surface area contributed by atoms with E-state index < -0.39 is 11.8 Å². The van der Waals surface area contributed by atoms with Crippen LogP contribution in [0.5, 0.6) is 0 Å². The van der Waals surface area contributed by atoms with Crippen LogP contribution >= 0.6 is 11.8 Å². The smallest absolute Gasteiger partial charge is 0.335 e. The van der Waals surface area contributed by atoms with Gasteiger partial charge in [0.05, 0.1) is 5.56 Å². The van der Waals surface area contributed by atoms with Crippen LogP contribution in [0.15, 0.2) is 47.8 Å². The molecule has 2 heterocycles. The summed E-state index contributed by atoms with van der Waals surface area (Å²) < 4.78 is 15.2. The van der Waals surface area contributed by atoms with E-state index in [1.807, 2.05) is 28.8 Å². The fourth-order valence-corrected chi connectivity index (χ4v) is 2.78. The standard InChI is InChI=1S/C14H10FN3O2S/c15-11-6-9(5-10(7-11)13(19)20)8-21-14-17-16-12-3-1-2-4-18(12)14/h1-7H,8H2,(H,19,20). The summed E-state index contributed by atoms with van der Waals surface area (Å²) >= 11 is 1.37. The van der Waals surface area contributed by atoms with Crippen molar-refractivity contribution in [3.8, 4) is 0 Å². The molecule has 0 saturated carbocycles. The molecule has 0 atom stereocenters. The van der Waals surface area contributed by atoms with Crippen molar-refractivity contribution >= 4 is 23.4 Å². The van der Waals surface area contributed by atoms with Crippen molar-refractivity contribution in [2.75, 3.05) is 0 Å². The topological polar surface area (TPSA) is 67.5 Å². The molecule has 0 radical (unpaired) electrons. The van der Waals surface area contributed by atoms with Gasteiger partial charge in [0.1, 0.15) is 5.82 Å². The number of carboxylic acids is 1. The molecule has 0 bridgehead atoms. The van der Waals surface area contributed by atoms with Crippen molar-refractivity contribution in [3.05, 3.63) is 59.5 Å². The maximum Gasteiger partial charge on any atom is 0.335 e. The van der Waals surface area contributed by atoms with Gasteiger partial charge in [-0.2, -0.15) is 0 Å². The van der Waals surface area contributed by atoms with E-state index in [1.54, 1.807) is 0 Å². The van der Waals surface area contributed by atoms with Gasteiger partial charge in [-0.1, -0.05) is 17.8 Å². The van der Waals surface area contributed by atoms with E-state index in [2.05, 4.69) is 10.2 Å². The van der Waals surface area contributed by atoms with Crippen LogP contribution in [0.1, 0.15) is 15.9 Å². The summed E-state index contributed by atoms with van der Waals surface area (Å²) in [5.41, 5.74) is 1.26. The summed E-state index contributed by atoms with van der Waals surface area (Å²) in [6.45, 7) is 0. The molecule has 0 aliphatic heterocycles. The first-order valence-electron chi connectivity index (χ1n) is 6.09. The minimum absolute atomic E-state index is 0.0586. The highest BCUT2D eigenvalue weighted by Gasteiger charge is 2.09. The number of hydrogen-bond acceptors (Lipinski definition) is 4. The van der Waals surface area contributed by atoms with Crippen LogP contribution in [-0.4, -0.2) is 25.7 Å². The van der Waals surface area contributed by atoms with Crippen LogP contribution < -0.4 is 0 Å². The molecule has 2 aromatic heterocycles. The molecule has 7 heteroatoms. The molecule has 0 unspecified atom stereocenters. The molecule has 0 aliphatic carbocycles. The Hall–Kier alpha value is -2.41. The van der Waals surface area contributed by atoms with E-state index in [9.17, 15) is 9.18 Å². The first kappa shape index (κ1) is 13.6. The number of halogens is 1. The number of nitrogens with zero attached hydrogens (tertiary/aromatic N) is 3. The Bertz CT molecular complexity index is 819. The largest absolute Gasteiger partial charge is 0.478 e. The first-order valence-corrected chi connectivity index (χ1v) is 7.07. The predicted molar refractivity (Wildman–Crippen MR) is 75.9 cm³/mol. The summed E-state index contributed by atoms with van der Waals surface area (Å²) in [5.74, 6) is -1.29. The van der Waals surface area contributed by atoms with Gasteiger partial charge in [0.15, 0.2) is 10.8 Å². The van der Waals surface area contributed by atoms with Crippen LogP contribution in [0.2, 0.25) is 0 Å². The third-order valence-corrected chi connectivity index (χ3v) is 3.87. The number of pyridine rings is 1. The minimum atomic E-state index is -1.14. The predicted octanol–water partition coefficient (Wildman–Crippen LogP) is 2.86. The number of aromatic nitrogens is 3. The summed E-state index contributed by atoms with van der Waals surface area (Å²) in [6.07, 6.45) is 1.84. The molecule has 0 saturated heterocycles. The average Bonchev–Trinajstić information content (AvgIpc) is 2.88. The highest BCUT2D eigenvalue weighted by atomic mass is 32.2. The number of aromatic carboxylic acids is 1. The summed E-state index contributed by atoms with van der Waals surface area (Å²) in [4.78, 5) is 10.9. The van der Waals surface area contributed by atoms with E-state index in [4.69, 9.17) is 5.11 Å². The average molecular weight is 303 g/mol. The fourth-order valence-electron chi connectivity index (χ4n) is 1.92. The van der Waals surface area contributed by atoms with Crippen molar-refractivity contribution < 1.29 is 14.3 Å². The van der Waals surface area contributed by atoms with E-state index in [-0.39, 0.29) is 5.56 Å². The van der Waals surface area contributed by atoms with Gasteiger partial charge in [-0.15, -0.1) is 10.2 Å². The van der Waals surface area contributed by atoms with Crippen LogP contribution in [0.25, 0.3) is 5.65 Å². The summed E-state index contributed by atoms with van der Waals surface area (Å²) in [6, 6.07) is 9.35. The molecule has 1 aromatic carbocycles. The lowest BCUT2D eigenvalue weighted by Crippen LogP contribution is -1.98. The molecule has 5 nitrogen and oxygen atoms in total. The molecule has 0 fully saturated rings. The quantitative estimate of drug-likeness (QED) is 0.751. The van der Waals surface area contributed by atoms with Crippen LogP contribution in [0, 0.1) is 5.82 Å². The Labute approximate surface area is 123 Å². The molecular formula is C14H10FN3O2S. The van der Waals surface area contributed by atoms with Crippen molar-refractivity contribution in [3.63, 3.8) is 0 Å². The Kier molecular flexibility index (Phi) is 3.57. The highest BCUT2D eigenvalue weighted by Crippen LogP contribution is 2.22. The van der Waals surface area contributed by atoms with Crippen molar-refractivity contribution in [2.24, 2.45) is 0 Å². The SMILES string of the molecule is O=C(O)c1cc(F)cc(CSc2nnc3ccccn23)c1. The zero-order valence-electron chi connectivity index (χ0n) is 10.7. The first-order chi connectivity index (χ1) is 10.1. The second-order valence-electron chi connectivity index (χ2n) is 4.35. The van der Waals surface area contributed by atoms with Gasteiger partial charge in [-0.25, -0.2) is 9.18 Å². The lowest BCUT2D eigenvalue weighted by molar-refractivity contribution is 0.0696. The maximum absolute atomic E-state index is 13.4. The van der Waals surface area contributed by atoms with Crippen LogP contribution in [-0.2, 0) is 5.75 Å². The second kappa shape index (κ2) is 5.53. The maximum atomic E-state index is 13.4. The van der Waals surface area contributed by atoms with Gasteiger partial charge in [0.25, 0.3) is 0 Å². The molecule has 21 heavy (non-hydrogen) atoms. The van der Waals surface area contributed by atoms with Gasteiger partial charge in [0.2, 0.25) is 0 Å². The number of carboxylic acid groups (broad SMARTS) is 1. The Balaban J connectivity index is 1.83. The van der Waals surface area contributed by atoms with E-state index in [0.717, 1.165) is 11.7 Å². The number of fused-ring (bicyclic) bond motifs is 1. The minimum Gasteiger partial charge on any atom is -0.478 e. The molecular weight excluding hydrogens is 293 g/mol. The molecule has 3 rings (SSSR count). The van der Waals surface area contributed by atoms with Gasteiger partial charge in [-0.05, 0) is 35.9 Å². The number of thioether (sulfide) groups is 1. The summed E-state index contributed by atoms with van der Waals surface area (Å²) in [5, 5.41) is 17.7. The number of rotatable bonds is 4. The third kappa shape index (κ3) is 2.87. The lowest BCUT2D eigenvalue weighted by Gasteiger charge is -2.03. The van der Waals surface area contributed by atoms with Crippen molar-refractivity contribution in [1.29, 1.82) is 0 Å². The zero-order valence-corrected chi connectivity index (χ0v) is 11.5. The van der Waals surface area contributed by atoms with Crippen LogP contribution in [0.4, 0.5) is 4.39 Å². The molecule has 1 N–H and O–H groups in total. The molecule has 0 spiro atoms. The molecule has 0 amide bonds. The van der Waals surface area contributed by atoms with Crippen molar-refractivity contribution in [2.45, 2.75) is 10.9 Å². The van der Waals surface area contributed by atoms with Gasteiger partial charge in [0, 0.05) is 11.9 Å². The normalized spacial score (nSPS) is 10.9. The second-order valence-corrected chi connectivity index (χ2v) is 5.30. The Morgan fingerprint density at radius 3 is 2.95 bits per heavy atom. The number of hydrogen-bond donors (Lipinski definition) is 1. The van der Waals surface area contributed by atoms with Gasteiger partial charge < -0.3 is 5.11 Å². The van der Waals surface area contributed by atoms with Crippen molar-refractivity contribution in [1.82, 2.24) is 14.6 Å². The third-order valence-electron chi connectivity index (χ3n) is 2.85. The zero-order chi connectivity index (χ0) is 14.8. The molecule has 106 valence electrons. The fraction of sp³-hybridized carbons (Fsp3) is 0.0714. The van der Waals surface area contributed by atoms with Crippen LogP contribution in [0.3, 0.4) is 0 Å². The number of carbonyl (C=O) groups is 1. The lowest BCUT2D eigenvalue weighted by atomic mass is 10.1. The molecule has 3 aromatic rings. The van der Waals surface area contributed by atoms with Gasteiger partial charge >= 0.3 is 5.97 Å². The van der Waals surface area contributed by atoms with E-state index in [0.29, 0.717) is 16.5 Å². The number of benzene rings is 1. The van der Waals surface area contributed by atoms with Gasteiger partial charge in [-0.3, -0.25) is 4.40 Å². The highest BCUT2D eigenvalue weighted by molar-refractivity contribution is 7.98. The van der Waals surface area contributed by atoms with E-state index in [1.165, 1.54) is 23.9 Å². The summed E-state index contributed by atoms with van der Waals surface area (Å²) in [7, 11) is 0. The van der Waals surface area contributed by atoms with E-state index >= 15 is 0 Å². The Morgan fingerprint density at radius 1 is 1.29 bits per heavy atom. The Morgan fingerprint density at radius 2 is 2.14 bits per heavy atom.